The highest BCUT2D eigenvalue weighted by Crippen LogP contribution is 2.15. The molecule has 0 spiro atoms. The summed E-state index contributed by atoms with van der Waals surface area (Å²) in [7, 11) is -3.19. The molecule has 0 amide bonds. The minimum Gasteiger partial charge on any atom is -0.393 e. The number of aliphatic hydroxyl groups is 1. The highest BCUT2D eigenvalue weighted by molar-refractivity contribution is 7.90. The third-order valence-electron chi connectivity index (χ3n) is 1.81. The molecule has 14 heavy (non-hydrogen) atoms. The van der Waals surface area contributed by atoms with Gasteiger partial charge in [-0.3, -0.25) is 0 Å². The lowest BCUT2D eigenvalue weighted by atomic mass is 10.1. The Morgan fingerprint density at radius 2 is 2.14 bits per heavy atom. The van der Waals surface area contributed by atoms with Crippen LogP contribution in [0.15, 0.2) is 29.2 Å². The van der Waals surface area contributed by atoms with Crippen molar-refractivity contribution in [3.63, 3.8) is 0 Å². The Bertz CT molecular complexity index is 413. The molecule has 0 aliphatic carbocycles. The summed E-state index contributed by atoms with van der Waals surface area (Å²) < 4.78 is 18.6. The summed E-state index contributed by atoms with van der Waals surface area (Å²) in [5, 5.41) is 14.4. The predicted octanol–water partition coefficient (Wildman–Crippen LogP) is 0.889. The lowest BCUT2D eigenvalue weighted by molar-refractivity contribution is 0.194. The van der Waals surface area contributed by atoms with Gasteiger partial charge in [0.1, 0.15) is 9.92 Å². The number of benzene rings is 1. The van der Waals surface area contributed by atoms with Gasteiger partial charge < -0.3 is 5.11 Å². The molecular weight excluding hydrogens is 200 g/mol. The van der Waals surface area contributed by atoms with Crippen molar-refractivity contribution in [3.05, 3.63) is 29.8 Å². The summed E-state index contributed by atoms with van der Waals surface area (Å²) >= 11 is 0. The first-order valence-electron chi connectivity index (χ1n) is 4.24. The Kier molecular flexibility index (Phi) is 3.25. The Labute approximate surface area is 83.9 Å². The third kappa shape index (κ3) is 2.80. The molecule has 4 N–H and O–H groups in total. The van der Waals surface area contributed by atoms with Crippen molar-refractivity contribution >= 4 is 9.92 Å². The number of aliphatic hydroxyl groups excluding tert-OH is 1. The number of nitrogens with two attached hydrogens (primary N) is 1. The van der Waals surface area contributed by atoms with E-state index in [1.54, 1.807) is 31.2 Å². The quantitative estimate of drug-likeness (QED) is 0.697. The maximum absolute atomic E-state index is 11.4. The van der Waals surface area contributed by atoms with E-state index >= 15 is 0 Å². The monoisotopic (exact) mass is 214 g/mol. The number of hydrogen-bond acceptors (Lipinski definition) is 3. The first kappa shape index (κ1) is 11.2. The van der Waals surface area contributed by atoms with Gasteiger partial charge in [0.2, 0.25) is 0 Å². The van der Waals surface area contributed by atoms with E-state index in [0.29, 0.717) is 16.9 Å². The Hall–Kier alpha value is -0.910. The highest BCUT2D eigenvalue weighted by Gasteiger charge is 2.11. The molecule has 0 saturated carbocycles. The first-order chi connectivity index (χ1) is 6.41. The van der Waals surface area contributed by atoms with Crippen molar-refractivity contribution in [2.75, 3.05) is 0 Å². The van der Waals surface area contributed by atoms with Gasteiger partial charge in [-0.25, -0.2) is 14.1 Å². The molecule has 1 rings (SSSR count). The number of hydrogen-bond donors (Lipinski definition) is 3. The second kappa shape index (κ2) is 4.08. The van der Waals surface area contributed by atoms with E-state index in [0.717, 1.165) is 0 Å². The molecule has 5 heteroatoms. The topological polar surface area (TPSA) is 87.2 Å². The van der Waals surface area contributed by atoms with Crippen LogP contribution in [0.2, 0.25) is 0 Å². The van der Waals surface area contributed by atoms with Gasteiger partial charge in [-0.2, -0.15) is 0 Å². The molecule has 4 nitrogen and oxygen atoms in total. The Morgan fingerprint density at radius 1 is 1.57 bits per heavy atom. The van der Waals surface area contributed by atoms with Crippen LogP contribution in [0.3, 0.4) is 0 Å². The van der Waals surface area contributed by atoms with Gasteiger partial charge in [0.25, 0.3) is 0 Å². The smallest absolute Gasteiger partial charge is 0.132 e. The zero-order chi connectivity index (χ0) is 10.8. The highest BCUT2D eigenvalue weighted by atomic mass is 32.2. The van der Waals surface area contributed by atoms with Crippen molar-refractivity contribution in [3.8, 4) is 0 Å². The van der Waals surface area contributed by atoms with Crippen LogP contribution in [0.4, 0.5) is 0 Å². The molecule has 0 fully saturated rings. The maximum atomic E-state index is 11.4. The summed E-state index contributed by atoms with van der Waals surface area (Å²) in [5.74, 6) is 0. The average Bonchev–Trinajstić information content (AvgIpc) is 2.01. The minimum atomic E-state index is -3.19. The van der Waals surface area contributed by atoms with Crippen LogP contribution in [0.25, 0.3) is 0 Å². The molecule has 1 unspecified atom stereocenters. The molecule has 0 aromatic heterocycles. The summed E-state index contributed by atoms with van der Waals surface area (Å²) in [5.41, 5.74) is 0.671. The molecule has 0 saturated heterocycles. The van der Waals surface area contributed by atoms with E-state index in [-0.39, 0.29) is 0 Å². The fourth-order valence-corrected chi connectivity index (χ4v) is 2.11. The van der Waals surface area contributed by atoms with Crippen LogP contribution in [0.5, 0.6) is 0 Å². The van der Waals surface area contributed by atoms with Crippen LogP contribution in [-0.2, 0) is 16.3 Å². The van der Waals surface area contributed by atoms with Crippen LogP contribution < -0.4 is 5.14 Å². The maximum Gasteiger partial charge on any atom is 0.132 e. The van der Waals surface area contributed by atoms with Crippen molar-refractivity contribution in [1.29, 1.82) is 4.78 Å². The van der Waals surface area contributed by atoms with E-state index in [2.05, 4.69) is 0 Å². The van der Waals surface area contributed by atoms with Crippen molar-refractivity contribution in [2.24, 2.45) is 5.14 Å². The van der Waals surface area contributed by atoms with E-state index in [4.69, 9.17) is 9.92 Å². The van der Waals surface area contributed by atoms with E-state index in [9.17, 15) is 9.32 Å². The minimum absolute atomic E-state index is 0.306. The zero-order valence-corrected chi connectivity index (χ0v) is 8.75. The predicted molar refractivity (Wildman–Crippen MR) is 55.1 cm³/mol. The van der Waals surface area contributed by atoms with Crippen LogP contribution >= 0.6 is 0 Å². The zero-order valence-electron chi connectivity index (χ0n) is 7.93. The van der Waals surface area contributed by atoms with Crippen LogP contribution in [0, 0.1) is 4.78 Å². The van der Waals surface area contributed by atoms with Gasteiger partial charge >= 0.3 is 0 Å². The SMILES string of the molecule is C[C@@H](O)Cc1ccccc1S(=N)(N)=O. The van der Waals surface area contributed by atoms with E-state index in [1.165, 1.54) is 0 Å². The fourth-order valence-electron chi connectivity index (χ4n) is 1.29. The van der Waals surface area contributed by atoms with Gasteiger partial charge in [-0.15, -0.1) is 0 Å². The molecule has 0 bridgehead atoms. The molecule has 0 aliphatic heterocycles. The molecule has 0 aliphatic rings. The number of nitrogens with one attached hydrogen (secondary N) is 1. The van der Waals surface area contributed by atoms with Crippen molar-refractivity contribution in [1.82, 2.24) is 0 Å². The van der Waals surface area contributed by atoms with Crippen molar-refractivity contribution in [2.45, 2.75) is 24.3 Å². The summed E-state index contributed by atoms with van der Waals surface area (Å²) in [6.45, 7) is 1.64. The van der Waals surface area contributed by atoms with Crippen LogP contribution in [0.1, 0.15) is 12.5 Å². The van der Waals surface area contributed by atoms with Crippen LogP contribution in [-0.4, -0.2) is 15.4 Å². The summed E-state index contributed by atoms with van der Waals surface area (Å²) in [6, 6.07) is 6.74. The normalized spacial score (nSPS) is 17.4. The van der Waals surface area contributed by atoms with Gasteiger partial charge in [0, 0.05) is 0 Å². The summed E-state index contributed by atoms with van der Waals surface area (Å²) in [4.78, 5) is 0.306. The van der Waals surface area contributed by atoms with Gasteiger partial charge in [0.05, 0.1) is 11.0 Å². The second-order valence-corrected chi connectivity index (χ2v) is 4.90. The second-order valence-electron chi connectivity index (χ2n) is 3.26. The van der Waals surface area contributed by atoms with Crippen molar-refractivity contribution < 1.29 is 9.32 Å². The summed E-state index contributed by atoms with van der Waals surface area (Å²) in [6.07, 6.45) is -0.165. The van der Waals surface area contributed by atoms with Gasteiger partial charge in [-0.05, 0) is 25.0 Å². The molecule has 2 atom stereocenters. The average molecular weight is 214 g/mol. The Morgan fingerprint density at radius 3 is 2.64 bits per heavy atom. The lowest BCUT2D eigenvalue weighted by Gasteiger charge is -2.10. The fraction of sp³-hybridized carbons (Fsp3) is 0.333. The van der Waals surface area contributed by atoms with Gasteiger partial charge in [-0.1, -0.05) is 18.2 Å². The first-order valence-corrected chi connectivity index (χ1v) is 5.86. The molecule has 0 radical (unpaired) electrons. The van der Waals surface area contributed by atoms with E-state index in [1.807, 2.05) is 0 Å². The molecule has 0 heterocycles. The third-order valence-corrected chi connectivity index (χ3v) is 2.87. The lowest BCUT2D eigenvalue weighted by Crippen LogP contribution is -2.15. The largest absolute Gasteiger partial charge is 0.393 e. The Balaban J connectivity index is 3.17. The molecule has 1 aromatic carbocycles. The molecular formula is C9H14N2O2S. The molecule has 1 aromatic rings. The van der Waals surface area contributed by atoms with Gasteiger partial charge in [0.15, 0.2) is 0 Å². The standard InChI is InChI=1S/C9H14N2O2S/c1-7(12)6-8-4-2-3-5-9(8)14(10,11)13/h2-5,7,12H,6H2,1H3,(H3,10,11,13)/t7-/m1/s1. The van der Waals surface area contributed by atoms with E-state index < -0.39 is 16.0 Å². The molecule has 78 valence electrons. The number of rotatable bonds is 3.